The van der Waals surface area contributed by atoms with Crippen molar-refractivity contribution in [3.05, 3.63) is 0 Å². The number of hydrogen-bond acceptors (Lipinski definition) is 8. The number of halogens is 2. The predicted molar refractivity (Wildman–Crippen MR) is 149 cm³/mol. The zero-order valence-electron chi connectivity index (χ0n) is 18.8. The Morgan fingerprint density at radius 1 is 0.567 bits per heavy atom. The first-order valence-corrected chi connectivity index (χ1v) is 20.1. The molecule has 0 radical (unpaired) electrons. The zero-order chi connectivity index (χ0) is 23.1. The van der Waals surface area contributed by atoms with Crippen LogP contribution in [0.4, 0.5) is 0 Å². The lowest BCUT2D eigenvalue weighted by Gasteiger charge is -2.20. The van der Waals surface area contributed by atoms with Gasteiger partial charge in [0.25, 0.3) is 0 Å². The predicted octanol–water partition coefficient (Wildman–Crippen LogP) is 9.55. The summed E-state index contributed by atoms with van der Waals surface area (Å²) in [4.78, 5) is 0. The molecule has 12 heteroatoms. The van der Waals surface area contributed by atoms with Crippen molar-refractivity contribution in [2.24, 2.45) is 0 Å². The third-order valence-electron chi connectivity index (χ3n) is 3.40. The molecule has 184 valence electrons. The van der Waals surface area contributed by atoms with Gasteiger partial charge in [-0.2, -0.15) is 0 Å². The lowest BCUT2D eigenvalue weighted by molar-refractivity contribution is 0.252. The molecule has 0 aromatic carbocycles. The highest BCUT2D eigenvalue weighted by Gasteiger charge is 2.19. The van der Waals surface area contributed by atoms with E-state index in [0.29, 0.717) is 36.9 Å². The molecule has 0 heterocycles. The van der Waals surface area contributed by atoms with Crippen molar-refractivity contribution in [1.29, 1.82) is 0 Å². The van der Waals surface area contributed by atoms with Crippen LogP contribution in [0.1, 0.15) is 79.1 Å². The Balaban J connectivity index is 0. The second kappa shape index (κ2) is 24.5. The van der Waals surface area contributed by atoms with Gasteiger partial charge in [-0.15, -0.1) is 23.2 Å². The highest BCUT2D eigenvalue weighted by atomic mass is 35.5. The molecule has 4 nitrogen and oxygen atoms in total. The molecule has 0 bridgehead atoms. The van der Waals surface area contributed by atoms with Crippen molar-refractivity contribution in [2.75, 3.05) is 36.9 Å². The van der Waals surface area contributed by atoms with Crippen LogP contribution >= 0.6 is 57.4 Å². The fourth-order valence-corrected chi connectivity index (χ4v) is 11.4. The van der Waals surface area contributed by atoms with Crippen molar-refractivity contribution in [3.63, 3.8) is 0 Å². The Bertz CT molecular complexity index is 398. The maximum absolute atomic E-state index is 5.68. The monoisotopic (exact) mass is 580 g/mol. The molecule has 0 rings (SSSR count). The topological polar surface area (TPSA) is 36.9 Å². The van der Waals surface area contributed by atoms with E-state index in [4.69, 9.17) is 64.9 Å². The molecule has 0 aromatic heterocycles. The van der Waals surface area contributed by atoms with Crippen LogP contribution in [0.25, 0.3) is 0 Å². The van der Waals surface area contributed by atoms with Crippen molar-refractivity contribution in [1.82, 2.24) is 0 Å². The first-order chi connectivity index (χ1) is 14.4. The van der Waals surface area contributed by atoms with E-state index in [1.165, 1.54) is 22.8 Å². The van der Waals surface area contributed by atoms with Crippen LogP contribution < -0.4 is 0 Å². The molecule has 30 heavy (non-hydrogen) atoms. The zero-order valence-corrected chi connectivity index (χ0v) is 25.4. The molecular weight excluding hydrogens is 541 g/mol. The van der Waals surface area contributed by atoms with E-state index in [2.05, 4.69) is 27.7 Å². The molecule has 0 atom stereocenters. The summed E-state index contributed by atoms with van der Waals surface area (Å²) in [5.41, 5.74) is -4.32. The van der Waals surface area contributed by atoms with Gasteiger partial charge in [-0.3, -0.25) is 0 Å². The molecule has 0 aliphatic heterocycles. The number of alkyl halides is 2. The van der Waals surface area contributed by atoms with E-state index in [9.17, 15) is 0 Å². The fourth-order valence-electron chi connectivity index (χ4n) is 1.63. The molecule has 0 aliphatic rings. The van der Waals surface area contributed by atoms with Crippen LogP contribution in [0.3, 0.4) is 0 Å². The van der Waals surface area contributed by atoms with Crippen LogP contribution in [0.15, 0.2) is 0 Å². The third kappa shape index (κ3) is 22.2. The van der Waals surface area contributed by atoms with Gasteiger partial charge in [-0.25, -0.2) is 0 Å². The van der Waals surface area contributed by atoms with Crippen LogP contribution in [-0.2, 0) is 41.7 Å². The van der Waals surface area contributed by atoms with Crippen LogP contribution in [0, 0.1) is 0 Å². The van der Waals surface area contributed by atoms with E-state index in [1.54, 1.807) is 0 Å². The Hall–Kier alpha value is 2.42. The Kier molecular flexibility index (Phi) is 28.3. The van der Waals surface area contributed by atoms with E-state index >= 15 is 0 Å². The molecule has 0 saturated carbocycles. The quantitative estimate of drug-likeness (QED) is 0.0799. The fraction of sp³-hybridized carbons (Fsp3) is 1.00. The van der Waals surface area contributed by atoms with Gasteiger partial charge in [0.15, 0.2) is 0 Å². The molecule has 0 aromatic rings. The summed E-state index contributed by atoms with van der Waals surface area (Å²) in [6.07, 6.45) is 8.53. The lowest BCUT2D eigenvalue weighted by Crippen LogP contribution is -1.96. The Morgan fingerprint density at radius 3 is 0.967 bits per heavy atom. The summed E-state index contributed by atoms with van der Waals surface area (Å²) in [7, 11) is 0. The van der Waals surface area contributed by atoms with Crippen molar-refractivity contribution in [3.8, 4) is 0 Å². The van der Waals surface area contributed by atoms with Gasteiger partial charge in [0, 0.05) is 0 Å². The molecule has 0 aliphatic carbocycles. The first kappa shape index (κ1) is 34.6. The number of rotatable bonds is 20. The van der Waals surface area contributed by atoms with E-state index in [0.717, 1.165) is 51.4 Å². The summed E-state index contributed by atoms with van der Waals surface area (Å²) < 4.78 is 22.6. The number of hydrogen-bond donors (Lipinski definition) is 0. The van der Waals surface area contributed by atoms with Crippen molar-refractivity contribution >= 4 is 81.0 Å². The molecule has 0 saturated heterocycles. The van der Waals surface area contributed by atoms with E-state index in [1.807, 2.05) is 0 Å². The second-order valence-electron chi connectivity index (χ2n) is 6.12. The van der Waals surface area contributed by atoms with E-state index in [-0.39, 0.29) is 0 Å². The SMILES string of the molecule is CCCCOP(=S)(OCCCC)SCCl.CCCCOP(=S)(OCCCC)SCCl. The summed E-state index contributed by atoms with van der Waals surface area (Å²) in [6.45, 7) is 11.2. The Labute approximate surface area is 213 Å². The van der Waals surface area contributed by atoms with Gasteiger partial charge >= 0.3 is 0 Å². The van der Waals surface area contributed by atoms with Gasteiger partial charge in [-0.1, -0.05) is 76.1 Å². The summed E-state index contributed by atoms with van der Waals surface area (Å²) in [6, 6.07) is 0. The molecule has 0 fully saturated rings. The smallest absolute Gasteiger partial charge is 0.248 e. The van der Waals surface area contributed by atoms with Gasteiger partial charge < -0.3 is 18.1 Å². The average Bonchev–Trinajstić information content (AvgIpc) is 2.70. The highest BCUT2D eigenvalue weighted by molar-refractivity contribution is 8.68. The van der Waals surface area contributed by atoms with Crippen LogP contribution in [0.5, 0.6) is 0 Å². The average molecular weight is 582 g/mol. The largest absolute Gasteiger partial charge is 0.322 e. The van der Waals surface area contributed by atoms with Gasteiger partial charge in [0.2, 0.25) is 11.4 Å². The summed E-state index contributed by atoms with van der Waals surface area (Å²) in [5, 5.41) is 0.880. The second-order valence-corrected chi connectivity index (χ2v) is 19.9. The minimum Gasteiger partial charge on any atom is -0.322 e. The number of unbranched alkanes of at least 4 members (excludes halogenated alkanes) is 4. The minimum absolute atomic E-state index is 0.440. The van der Waals surface area contributed by atoms with Crippen LogP contribution in [-0.4, -0.2) is 36.9 Å². The van der Waals surface area contributed by atoms with E-state index < -0.39 is 11.4 Å². The minimum atomic E-state index is -2.16. The van der Waals surface area contributed by atoms with Gasteiger partial charge in [0.05, 0.1) is 36.9 Å². The molecule has 0 unspecified atom stereocenters. The Morgan fingerprint density at radius 2 is 0.800 bits per heavy atom. The molecule has 0 N–H and O–H groups in total. The van der Waals surface area contributed by atoms with Gasteiger partial charge in [-0.05, 0) is 49.3 Å². The molecular formula is C18H40Cl2O4P2S4. The van der Waals surface area contributed by atoms with Gasteiger partial charge in [0.1, 0.15) is 0 Å². The highest BCUT2D eigenvalue weighted by Crippen LogP contribution is 2.62. The first-order valence-electron chi connectivity index (χ1n) is 10.6. The van der Waals surface area contributed by atoms with Crippen LogP contribution in [0.2, 0.25) is 0 Å². The normalized spacial score (nSPS) is 11.9. The summed E-state index contributed by atoms with van der Waals surface area (Å²) >= 11 is 24.9. The van der Waals surface area contributed by atoms with Crippen molar-refractivity contribution in [2.45, 2.75) is 79.1 Å². The summed E-state index contributed by atoms with van der Waals surface area (Å²) in [5.74, 6) is 0. The lowest BCUT2D eigenvalue weighted by atomic mass is 10.4. The standard InChI is InChI=1S/2C9H20ClO2PS2/c2*1-3-5-7-11-13(14,15-9-10)12-8-6-4-2/h2*3-9H2,1-2H3. The maximum atomic E-state index is 5.68. The maximum Gasteiger partial charge on any atom is 0.248 e. The molecule has 0 amide bonds. The van der Waals surface area contributed by atoms with Crippen molar-refractivity contribution < 1.29 is 18.1 Å². The molecule has 0 spiro atoms. The third-order valence-corrected chi connectivity index (χ3v) is 14.9.